The molecule has 1 aromatic heterocycles. The van der Waals surface area contributed by atoms with Gasteiger partial charge in [-0.1, -0.05) is 23.7 Å². The average Bonchev–Trinajstić information content (AvgIpc) is 2.77. The van der Waals surface area contributed by atoms with Gasteiger partial charge in [0, 0.05) is 16.8 Å². The van der Waals surface area contributed by atoms with Gasteiger partial charge in [0.25, 0.3) is 0 Å². The second-order valence-corrected chi connectivity index (χ2v) is 5.34. The van der Waals surface area contributed by atoms with Gasteiger partial charge in [0.05, 0.1) is 17.3 Å². The molecule has 1 heterocycles. The van der Waals surface area contributed by atoms with Crippen molar-refractivity contribution in [2.24, 2.45) is 0 Å². The van der Waals surface area contributed by atoms with Crippen LogP contribution in [0.3, 0.4) is 0 Å². The zero-order valence-electron chi connectivity index (χ0n) is 9.54. The van der Waals surface area contributed by atoms with E-state index in [0.717, 1.165) is 0 Å². The SMILES string of the molecule is C[S@](=O)c1nncn1CC(=O)c1cccc(Cl)c1. The first-order valence-corrected chi connectivity index (χ1v) is 7.01. The molecule has 0 amide bonds. The van der Waals surface area contributed by atoms with Crippen LogP contribution in [0, 0.1) is 0 Å². The van der Waals surface area contributed by atoms with Gasteiger partial charge in [0.15, 0.2) is 5.78 Å². The molecule has 94 valence electrons. The van der Waals surface area contributed by atoms with Crippen LogP contribution in [0.1, 0.15) is 10.4 Å². The molecule has 1 atom stereocenters. The molecular formula is C11H10ClN3O2S. The standard InChI is InChI=1S/C11H10ClN3O2S/c1-18(17)11-14-13-7-15(11)6-10(16)8-3-2-4-9(12)5-8/h2-5,7H,6H2,1H3/t18-/m0/s1. The largest absolute Gasteiger partial charge is 0.299 e. The minimum atomic E-state index is -1.28. The van der Waals surface area contributed by atoms with Gasteiger partial charge in [-0.2, -0.15) is 0 Å². The fraction of sp³-hybridized carbons (Fsp3) is 0.182. The fourth-order valence-corrected chi connectivity index (χ4v) is 2.28. The monoisotopic (exact) mass is 283 g/mol. The Morgan fingerprint density at radius 2 is 2.28 bits per heavy atom. The van der Waals surface area contributed by atoms with E-state index in [4.69, 9.17) is 11.6 Å². The van der Waals surface area contributed by atoms with Gasteiger partial charge in [-0.05, 0) is 12.1 Å². The fourth-order valence-electron chi connectivity index (χ4n) is 1.48. The third kappa shape index (κ3) is 2.83. The number of aromatic nitrogens is 3. The summed E-state index contributed by atoms with van der Waals surface area (Å²) >= 11 is 5.82. The van der Waals surface area contributed by atoms with Crippen LogP contribution in [0.4, 0.5) is 0 Å². The Morgan fingerprint density at radius 1 is 1.50 bits per heavy atom. The highest BCUT2D eigenvalue weighted by atomic mass is 35.5. The molecule has 2 aromatic rings. The van der Waals surface area contributed by atoms with E-state index in [9.17, 15) is 9.00 Å². The van der Waals surface area contributed by atoms with Crippen LogP contribution in [-0.2, 0) is 17.3 Å². The first kappa shape index (κ1) is 12.9. The van der Waals surface area contributed by atoms with Gasteiger partial charge in [-0.25, -0.2) is 0 Å². The predicted octanol–water partition coefficient (Wildman–Crippen LogP) is 1.55. The summed E-state index contributed by atoms with van der Waals surface area (Å²) in [6.07, 6.45) is 2.88. The van der Waals surface area contributed by atoms with Crippen molar-refractivity contribution >= 4 is 28.2 Å². The highest BCUT2D eigenvalue weighted by Gasteiger charge is 2.13. The highest BCUT2D eigenvalue weighted by Crippen LogP contribution is 2.12. The Hall–Kier alpha value is -1.53. The Balaban J connectivity index is 2.21. The number of rotatable bonds is 4. The summed E-state index contributed by atoms with van der Waals surface area (Å²) in [5, 5.41) is 8.15. The van der Waals surface area contributed by atoms with Crippen molar-refractivity contribution in [1.82, 2.24) is 14.8 Å². The van der Waals surface area contributed by atoms with Crippen molar-refractivity contribution in [3.05, 3.63) is 41.2 Å². The normalized spacial score (nSPS) is 12.3. The average molecular weight is 284 g/mol. The summed E-state index contributed by atoms with van der Waals surface area (Å²) in [6.45, 7) is 0.0439. The molecule has 0 aliphatic heterocycles. The lowest BCUT2D eigenvalue weighted by Crippen LogP contribution is -2.13. The smallest absolute Gasteiger partial charge is 0.221 e. The summed E-state index contributed by atoms with van der Waals surface area (Å²) < 4.78 is 12.8. The molecule has 7 heteroatoms. The molecule has 0 aliphatic carbocycles. The van der Waals surface area contributed by atoms with E-state index in [-0.39, 0.29) is 17.5 Å². The van der Waals surface area contributed by atoms with Gasteiger partial charge in [-0.15, -0.1) is 10.2 Å². The molecule has 1 aromatic carbocycles. The maximum absolute atomic E-state index is 12.0. The zero-order chi connectivity index (χ0) is 13.1. The first-order chi connectivity index (χ1) is 8.58. The predicted molar refractivity (Wildman–Crippen MR) is 68.1 cm³/mol. The van der Waals surface area contributed by atoms with Crippen LogP contribution in [0.15, 0.2) is 35.7 Å². The molecule has 18 heavy (non-hydrogen) atoms. The lowest BCUT2D eigenvalue weighted by molar-refractivity contribution is 0.0969. The lowest BCUT2D eigenvalue weighted by Gasteiger charge is -2.04. The molecule has 0 radical (unpaired) electrons. The Kier molecular flexibility index (Phi) is 3.88. The molecule has 0 bridgehead atoms. The second-order valence-electron chi connectivity index (χ2n) is 3.63. The zero-order valence-corrected chi connectivity index (χ0v) is 11.1. The number of Topliss-reactive ketones (excluding diaryl/α,β-unsaturated/α-hetero) is 1. The third-order valence-corrected chi connectivity index (χ3v) is 3.36. The summed E-state index contributed by atoms with van der Waals surface area (Å²) in [6, 6.07) is 6.68. The molecule has 0 fully saturated rings. The highest BCUT2D eigenvalue weighted by molar-refractivity contribution is 7.84. The van der Waals surface area contributed by atoms with E-state index in [1.807, 2.05) is 0 Å². The third-order valence-electron chi connectivity index (χ3n) is 2.30. The Labute approximate surface area is 111 Å². The van der Waals surface area contributed by atoms with E-state index in [2.05, 4.69) is 10.2 Å². The summed E-state index contributed by atoms with van der Waals surface area (Å²) in [5.74, 6) is -0.135. The molecule has 0 N–H and O–H groups in total. The first-order valence-electron chi connectivity index (χ1n) is 5.08. The van der Waals surface area contributed by atoms with Crippen molar-refractivity contribution in [1.29, 1.82) is 0 Å². The van der Waals surface area contributed by atoms with Crippen molar-refractivity contribution in [2.75, 3.05) is 6.26 Å². The number of hydrogen-bond acceptors (Lipinski definition) is 4. The molecule has 0 spiro atoms. The van der Waals surface area contributed by atoms with E-state index in [1.54, 1.807) is 24.3 Å². The van der Waals surface area contributed by atoms with Crippen LogP contribution in [0.5, 0.6) is 0 Å². The summed E-state index contributed by atoms with van der Waals surface area (Å²) in [5.41, 5.74) is 0.504. The van der Waals surface area contributed by atoms with Crippen molar-refractivity contribution < 1.29 is 9.00 Å². The van der Waals surface area contributed by atoms with Crippen LogP contribution in [0.2, 0.25) is 5.02 Å². The minimum absolute atomic E-state index is 0.0439. The number of carbonyl (C=O) groups is 1. The molecule has 5 nitrogen and oxygen atoms in total. The molecule has 0 saturated heterocycles. The molecule has 0 aliphatic rings. The van der Waals surface area contributed by atoms with Crippen LogP contribution in [0.25, 0.3) is 0 Å². The van der Waals surface area contributed by atoms with E-state index in [0.29, 0.717) is 10.6 Å². The number of nitrogens with zero attached hydrogens (tertiary/aromatic N) is 3. The molecular weight excluding hydrogens is 274 g/mol. The van der Waals surface area contributed by atoms with Gasteiger partial charge >= 0.3 is 0 Å². The molecule has 2 rings (SSSR count). The number of hydrogen-bond donors (Lipinski definition) is 0. The van der Waals surface area contributed by atoms with Crippen molar-refractivity contribution in [3.8, 4) is 0 Å². The number of carbonyl (C=O) groups excluding carboxylic acids is 1. The second kappa shape index (κ2) is 5.41. The number of halogens is 1. The summed E-state index contributed by atoms with van der Waals surface area (Å²) in [4.78, 5) is 12.0. The Morgan fingerprint density at radius 3 is 2.94 bits per heavy atom. The van der Waals surface area contributed by atoms with Crippen molar-refractivity contribution in [2.45, 2.75) is 11.7 Å². The maximum atomic E-state index is 12.0. The van der Waals surface area contributed by atoms with Gasteiger partial charge in [-0.3, -0.25) is 13.6 Å². The lowest BCUT2D eigenvalue weighted by atomic mass is 10.1. The Bertz CT molecular complexity index is 612. The number of benzene rings is 1. The van der Waals surface area contributed by atoms with Crippen LogP contribution < -0.4 is 0 Å². The minimum Gasteiger partial charge on any atom is -0.299 e. The summed E-state index contributed by atoms with van der Waals surface area (Å²) in [7, 11) is -1.28. The van der Waals surface area contributed by atoms with Crippen LogP contribution >= 0.6 is 11.6 Å². The van der Waals surface area contributed by atoms with E-state index < -0.39 is 10.8 Å². The van der Waals surface area contributed by atoms with Gasteiger partial charge in [0.1, 0.15) is 6.33 Å². The number of ketones is 1. The van der Waals surface area contributed by atoms with Crippen LogP contribution in [-0.4, -0.2) is 31.0 Å². The maximum Gasteiger partial charge on any atom is 0.221 e. The quantitative estimate of drug-likeness (QED) is 0.799. The van der Waals surface area contributed by atoms with Crippen molar-refractivity contribution in [3.63, 3.8) is 0 Å². The molecule has 0 saturated carbocycles. The van der Waals surface area contributed by atoms with Gasteiger partial charge in [0.2, 0.25) is 5.16 Å². The van der Waals surface area contributed by atoms with E-state index >= 15 is 0 Å². The molecule has 0 unspecified atom stereocenters. The topological polar surface area (TPSA) is 64.8 Å². The van der Waals surface area contributed by atoms with E-state index in [1.165, 1.54) is 17.2 Å². The van der Waals surface area contributed by atoms with Gasteiger partial charge < -0.3 is 0 Å².